The molecule has 0 amide bonds. The molecule has 3 heteroatoms. The smallest absolute Gasteiger partial charge is 0.126 e. The maximum absolute atomic E-state index is 13.3. The first-order valence-corrected chi connectivity index (χ1v) is 6.65. The van der Waals surface area contributed by atoms with Gasteiger partial charge >= 0.3 is 0 Å². The molecule has 100 valence electrons. The van der Waals surface area contributed by atoms with Crippen LogP contribution in [0.2, 0.25) is 0 Å². The van der Waals surface area contributed by atoms with E-state index in [-0.39, 0.29) is 5.82 Å². The Morgan fingerprint density at radius 3 is 2.39 bits per heavy atom. The van der Waals surface area contributed by atoms with Gasteiger partial charge < -0.3 is 10.0 Å². The topological polar surface area (TPSA) is 23.5 Å². The van der Waals surface area contributed by atoms with Crippen molar-refractivity contribution < 1.29 is 9.50 Å². The van der Waals surface area contributed by atoms with Crippen LogP contribution >= 0.6 is 0 Å². The van der Waals surface area contributed by atoms with Gasteiger partial charge in [-0.15, -0.1) is 0 Å². The molecule has 1 aliphatic rings. The zero-order chi connectivity index (χ0) is 13.3. The first-order valence-electron chi connectivity index (χ1n) is 6.65. The van der Waals surface area contributed by atoms with Crippen molar-refractivity contribution in [1.82, 2.24) is 4.90 Å². The zero-order valence-electron chi connectivity index (χ0n) is 11.4. The molecule has 0 saturated carbocycles. The molecular weight excluding hydrogens is 229 g/mol. The molecule has 1 fully saturated rings. The minimum Gasteiger partial charge on any atom is -0.385 e. The molecule has 1 heterocycles. The van der Waals surface area contributed by atoms with Gasteiger partial charge in [-0.2, -0.15) is 0 Å². The predicted octanol–water partition coefficient (Wildman–Crippen LogP) is 2.83. The third-order valence-corrected chi connectivity index (χ3v) is 4.05. The van der Waals surface area contributed by atoms with Crippen molar-refractivity contribution in [3.8, 4) is 0 Å². The summed E-state index contributed by atoms with van der Waals surface area (Å²) in [5.41, 5.74) is 0.668. The fourth-order valence-electron chi connectivity index (χ4n) is 2.63. The summed E-state index contributed by atoms with van der Waals surface area (Å²) in [5.74, 6) is -0.207. The highest BCUT2D eigenvalue weighted by atomic mass is 19.1. The molecule has 0 aromatic heterocycles. The van der Waals surface area contributed by atoms with E-state index in [1.165, 1.54) is 6.07 Å². The number of likely N-dealkylation sites (tertiary alicyclic amines) is 1. The lowest BCUT2D eigenvalue weighted by Gasteiger charge is -2.40. The number of aryl methyl sites for hydroxylation is 1. The number of nitrogens with zero attached hydrogens (tertiary/aromatic N) is 1. The van der Waals surface area contributed by atoms with Gasteiger partial charge in [-0.05, 0) is 50.8 Å². The van der Waals surface area contributed by atoms with Crippen molar-refractivity contribution in [3.05, 3.63) is 35.1 Å². The molecule has 0 radical (unpaired) electrons. The average Bonchev–Trinajstić information content (AvgIpc) is 2.33. The standard InChI is InChI=1S/C15H22FNO/c1-11(2)17-8-6-15(18,7-9-17)13-4-5-14(16)12(3)10-13/h4-5,10-11,18H,6-9H2,1-3H3. The van der Waals surface area contributed by atoms with Crippen LogP contribution in [0, 0.1) is 12.7 Å². The SMILES string of the molecule is Cc1cc(C2(O)CCN(C(C)C)CC2)ccc1F. The molecule has 0 unspecified atom stereocenters. The van der Waals surface area contributed by atoms with Gasteiger partial charge in [0.2, 0.25) is 0 Å². The molecule has 1 aliphatic heterocycles. The van der Waals surface area contributed by atoms with Crippen LogP contribution in [0.25, 0.3) is 0 Å². The van der Waals surface area contributed by atoms with E-state index in [2.05, 4.69) is 18.7 Å². The Balaban J connectivity index is 2.15. The Labute approximate surface area is 108 Å². The van der Waals surface area contributed by atoms with E-state index in [4.69, 9.17) is 0 Å². The van der Waals surface area contributed by atoms with Gasteiger partial charge in [0.15, 0.2) is 0 Å². The molecule has 1 saturated heterocycles. The van der Waals surface area contributed by atoms with Crippen LogP contribution in [0.3, 0.4) is 0 Å². The lowest BCUT2D eigenvalue weighted by atomic mass is 9.83. The lowest BCUT2D eigenvalue weighted by Crippen LogP contribution is -2.45. The average molecular weight is 251 g/mol. The Hall–Kier alpha value is -0.930. The van der Waals surface area contributed by atoms with Crippen molar-refractivity contribution in [2.75, 3.05) is 13.1 Å². The lowest BCUT2D eigenvalue weighted by molar-refractivity contribution is -0.0324. The molecule has 2 nitrogen and oxygen atoms in total. The Morgan fingerprint density at radius 1 is 1.28 bits per heavy atom. The minimum absolute atomic E-state index is 0.207. The van der Waals surface area contributed by atoms with Crippen molar-refractivity contribution in [2.24, 2.45) is 0 Å². The van der Waals surface area contributed by atoms with E-state index in [0.717, 1.165) is 31.5 Å². The van der Waals surface area contributed by atoms with Crippen molar-refractivity contribution in [3.63, 3.8) is 0 Å². The van der Waals surface area contributed by atoms with Gasteiger partial charge in [0.05, 0.1) is 5.60 Å². The summed E-state index contributed by atoms with van der Waals surface area (Å²) in [6.07, 6.45) is 1.44. The van der Waals surface area contributed by atoms with Gasteiger partial charge in [-0.3, -0.25) is 0 Å². The van der Waals surface area contributed by atoms with Crippen molar-refractivity contribution >= 4 is 0 Å². The Morgan fingerprint density at radius 2 is 1.89 bits per heavy atom. The van der Waals surface area contributed by atoms with Crippen LogP contribution in [-0.4, -0.2) is 29.1 Å². The summed E-state index contributed by atoms with van der Waals surface area (Å²) >= 11 is 0. The van der Waals surface area contributed by atoms with Crippen LogP contribution in [0.15, 0.2) is 18.2 Å². The number of piperidine rings is 1. The summed E-state index contributed by atoms with van der Waals surface area (Å²) in [4.78, 5) is 2.37. The number of benzene rings is 1. The van der Waals surface area contributed by atoms with Gasteiger partial charge in [-0.25, -0.2) is 4.39 Å². The molecule has 0 aliphatic carbocycles. The third kappa shape index (κ3) is 2.57. The molecular formula is C15H22FNO. The summed E-state index contributed by atoms with van der Waals surface area (Å²) in [6.45, 7) is 7.87. The largest absolute Gasteiger partial charge is 0.385 e. The molecule has 1 aromatic carbocycles. The summed E-state index contributed by atoms with van der Waals surface area (Å²) in [7, 11) is 0. The monoisotopic (exact) mass is 251 g/mol. The summed E-state index contributed by atoms with van der Waals surface area (Å²) < 4.78 is 13.3. The quantitative estimate of drug-likeness (QED) is 0.873. The Kier molecular flexibility index (Phi) is 3.74. The second kappa shape index (κ2) is 4.98. The van der Waals surface area contributed by atoms with Gasteiger partial charge in [-0.1, -0.05) is 12.1 Å². The van der Waals surface area contributed by atoms with E-state index < -0.39 is 5.60 Å². The van der Waals surface area contributed by atoms with Crippen LogP contribution in [-0.2, 0) is 5.60 Å². The molecule has 18 heavy (non-hydrogen) atoms. The maximum Gasteiger partial charge on any atom is 0.126 e. The van der Waals surface area contributed by atoms with Gasteiger partial charge in [0.1, 0.15) is 5.82 Å². The molecule has 1 aromatic rings. The first-order chi connectivity index (χ1) is 8.42. The van der Waals surface area contributed by atoms with Crippen molar-refractivity contribution in [2.45, 2.75) is 45.3 Å². The number of aliphatic hydroxyl groups is 1. The maximum atomic E-state index is 13.3. The summed E-state index contributed by atoms with van der Waals surface area (Å²) in [6, 6.07) is 5.47. The second-order valence-electron chi connectivity index (χ2n) is 5.63. The minimum atomic E-state index is -0.788. The van der Waals surface area contributed by atoms with Crippen LogP contribution in [0.5, 0.6) is 0 Å². The first kappa shape index (κ1) is 13.5. The molecule has 0 bridgehead atoms. The Bertz CT molecular complexity index is 423. The second-order valence-corrected chi connectivity index (χ2v) is 5.63. The zero-order valence-corrected chi connectivity index (χ0v) is 11.4. The van der Waals surface area contributed by atoms with E-state index >= 15 is 0 Å². The fourth-order valence-corrected chi connectivity index (χ4v) is 2.63. The fraction of sp³-hybridized carbons (Fsp3) is 0.600. The van der Waals surface area contributed by atoms with Gasteiger partial charge in [0, 0.05) is 19.1 Å². The number of hydrogen-bond donors (Lipinski definition) is 1. The third-order valence-electron chi connectivity index (χ3n) is 4.05. The van der Waals surface area contributed by atoms with Crippen molar-refractivity contribution in [1.29, 1.82) is 0 Å². The van der Waals surface area contributed by atoms with E-state index in [1.54, 1.807) is 19.1 Å². The number of rotatable bonds is 2. The van der Waals surface area contributed by atoms with Crippen LogP contribution in [0.1, 0.15) is 37.8 Å². The van der Waals surface area contributed by atoms with E-state index in [0.29, 0.717) is 11.6 Å². The highest BCUT2D eigenvalue weighted by molar-refractivity contribution is 5.29. The normalized spacial score (nSPS) is 20.3. The number of hydrogen-bond acceptors (Lipinski definition) is 2. The molecule has 1 N–H and O–H groups in total. The van der Waals surface area contributed by atoms with E-state index in [9.17, 15) is 9.50 Å². The van der Waals surface area contributed by atoms with Crippen LogP contribution < -0.4 is 0 Å². The summed E-state index contributed by atoms with van der Waals surface area (Å²) in [5, 5.41) is 10.7. The number of halogens is 1. The highest BCUT2D eigenvalue weighted by Gasteiger charge is 2.34. The predicted molar refractivity (Wildman–Crippen MR) is 71.0 cm³/mol. The molecule has 0 atom stereocenters. The van der Waals surface area contributed by atoms with Gasteiger partial charge in [0.25, 0.3) is 0 Å². The highest BCUT2D eigenvalue weighted by Crippen LogP contribution is 2.34. The molecule has 2 rings (SSSR count). The van der Waals surface area contributed by atoms with Crippen LogP contribution in [0.4, 0.5) is 4.39 Å². The molecule has 0 spiro atoms. The van der Waals surface area contributed by atoms with E-state index in [1.807, 2.05) is 0 Å².